The quantitative estimate of drug-likeness (QED) is 0.305. The molecule has 1 aromatic carbocycles. The van der Waals surface area contributed by atoms with E-state index in [4.69, 9.17) is 0 Å². The predicted molar refractivity (Wildman–Crippen MR) is 103 cm³/mol. The third-order valence-corrected chi connectivity index (χ3v) is 5.43. The summed E-state index contributed by atoms with van der Waals surface area (Å²) in [5.41, 5.74) is 1.17. The number of halogens is 1. The Bertz CT molecular complexity index is 658. The normalized spacial score (nSPS) is 11.2. The van der Waals surface area contributed by atoms with Crippen LogP contribution in [0.4, 0.5) is 0 Å². The number of aromatic nitrogens is 1. The van der Waals surface area contributed by atoms with Gasteiger partial charge < -0.3 is 10.3 Å². The lowest BCUT2D eigenvalue weighted by atomic mass is 10.0. The van der Waals surface area contributed by atoms with Crippen LogP contribution in [0.3, 0.4) is 0 Å². The molecule has 1 heterocycles. The number of para-hydroxylation sites is 1. The van der Waals surface area contributed by atoms with Crippen molar-refractivity contribution >= 4 is 26.8 Å². The molecule has 0 spiro atoms. The Balaban J connectivity index is 1.85. The van der Waals surface area contributed by atoms with E-state index in [9.17, 15) is 10.3 Å². The van der Waals surface area contributed by atoms with Crippen molar-refractivity contribution in [1.82, 2.24) is 0 Å². The number of hydrogen-bond donors (Lipinski definition) is 1. The Morgan fingerprint density at radius 1 is 0.958 bits per heavy atom. The number of hydrogen-bond acceptors (Lipinski definition) is 2. The van der Waals surface area contributed by atoms with Crippen LogP contribution in [-0.4, -0.2) is 5.11 Å². The van der Waals surface area contributed by atoms with E-state index < -0.39 is 0 Å². The van der Waals surface area contributed by atoms with Gasteiger partial charge in [-0.2, -0.15) is 4.73 Å². The van der Waals surface area contributed by atoms with Gasteiger partial charge in [0.2, 0.25) is 11.2 Å². The van der Waals surface area contributed by atoms with E-state index in [2.05, 4.69) is 22.9 Å². The Kier molecular flexibility index (Phi) is 7.83. The van der Waals surface area contributed by atoms with Gasteiger partial charge in [-0.05, 0) is 28.4 Å². The predicted octanol–water partition coefficient (Wildman–Crippen LogP) is 6.01. The van der Waals surface area contributed by atoms with Crippen molar-refractivity contribution in [1.29, 1.82) is 0 Å². The molecule has 0 saturated heterocycles. The first kappa shape index (κ1) is 19.0. The fourth-order valence-electron chi connectivity index (χ4n) is 3.15. The molecule has 2 aromatic rings. The molecule has 0 aliphatic heterocycles. The van der Waals surface area contributed by atoms with E-state index >= 15 is 0 Å². The zero-order valence-corrected chi connectivity index (χ0v) is 16.1. The summed E-state index contributed by atoms with van der Waals surface area (Å²) in [7, 11) is 0. The zero-order valence-electron chi connectivity index (χ0n) is 14.6. The number of rotatable bonds is 10. The fourth-order valence-corrected chi connectivity index (χ4v) is 3.73. The Morgan fingerprint density at radius 3 is 2.21 bits per heavy atom. The van der Waals surface area contributed by atoms with Crippen LogP contribution in [0.5, 0.6) is 5.75 Å². The van der Waals surface area contributed by atoms with Crippen LogP contribution in [0.25, 0.3) is 10.9 Å². The van der Waals surface area contributed by atoms with Crippen LogP contribution in [0.15, 0.2) is 28.7 Å². The minimum absolute atomic E-state index is 0.170. The molecule has 1 aromatic heterocycles. The van der Waals surface area contributed by atoms with Crippen molar-refractivity contribution in [2.24, 2.45) is 0 Å². The molecular weight excluding hydrogens is 366 g/mol. The Labute approximate surface area is 153 Å². The second-order valence-electron chi connectivity index (χ2n) is 6.50. The molecule has 0 aliphatic carbocycles. The average Bonchev–Trinajstić information content (AvgIpc) is 2.61. The SMILES string of the molecule is CCCCCCCCCCCc1c(Br)c(O)c2ccccc2[n+]1[O-]. The van der Waals surface area contributed by atoms with Crippen molar-refractivity contribution in [2.75, 3.05) is 0 Å². The second-order valence-corrected chi connectivity index (χ2v) is 7.29. The van der Waals surface area contributed by atoms with Crippen LogP contribution in [-0.2, 0) is 6.42 Å². The lowest BCUT2D eigenvalue weighted by molar-refractivity contribution is -0.586. The molecule has 0 fully saturated rings. The van der Waals surface area contributed by atoms with Crippen molar-refractivity contribution in [3.63, 3.8) is 0 Å². The largest absolute Gasteiger partial charge is 0.618 e. The summed E-state index contributed by atoms with van der Waals surface area (Å²) in [5, 5.41) is 23.4. The Morgan fingerprint density at radius 2 is 1.54 bits per heavy atom. The number of pyridine rings is 1. The monoisotopic (exact) mass is 393 g/mol. The van der Waals surface area contributed by atoms with E-state index in [0.717, 1.165) is 17.6 Å². The van der Waals surface area contributed by atoms with Gasteiger partial charge in [0.1, 0.15) is 10.2 Å². The first-order valence-corrected chi connectivity index (χ1v) is 9.97. The molecule has 0 unspecified atom stereocenters. The molecule has 0 saturated carbocycles. The Hall–Kier alpha value is -1.29. The highest BCUT2D eigenvalue weighted by Gasteiger charge is 2.20. The maximum Gasteiger partial charge on any atom is 0.227 e. The third kappa shape index (κ3) is 4.85. The summed E-state index contributed by atoms with van der Waals surface area (Å²) >= 11 is 3.40. The first-order chi connectivity index (χ1) is 11.7. The molecule has 0 amide bonds. The van der Waals surface area contributed by atoms with Gasteiger partial charge in [-0.1, -0.05) is 70.4 Å². The molecule has 132 valence electrons. The molecule has 0 radical (unpaired) electrons. The molecule has 4 heteroatoms. The summed E-state index contributed by atoms with van der Waals surface area (Å²) in [6, 6.07) is 7.18. The lowest BCUT2D eigenvalue weighted by Gasteiger charge is -2.11. The van der Waals surface area contributed by atoms with Crippen LogP contribution >= 0.6 is 15.9 Å². The van der Waals surface area contributed by atoms with E-state index in [1.165, 1.54) is 44.9 Å². The lowest BCUT2D eigenvalue weighted by Crippen LogP contribution is -2.33. The number of benzene rings is 1. The zero-order chi connectivity index (χ0) is 17.4. The summed E-state index contributed by atoms with van der Waals surface area (Å²) < 4.78 is 1.50. The van der Waals surface area contributed by atoms with Gasteiger partial charge in [0.15, 0.2) is 0 Å². The smallest absolute Gasteiger partial charge is 0.227 e. The molecule has 2 rings (SSSR count). The average molecular weight is 394 g/mol. The molecule has 0 aliphatic rings. The van der Waals surface area contributed by atoms with Crippen molar-refractivity contribution in [3.8, 4) is 5.75 Å². The highest BCUT2D eigenvalue weighted by Crippen LogP contribution is 2.33. The fraction of sp³-hybridized carbons (Fsp3) is 0.550. The molecule has 24 heavy (non-hydrogen) atoms. The molecule has 0 bridgehead atoms. The van der Waals surface area contributed by atoms with Gasteiger partial charge in [-0.25, -0.2) is 0 Å². The van der Waals surface area contributed by atoms with Crippen LogP contribution in [0.2, 0.25) is 0 Å². The highest BCUT2D eigenvalue weighted by atomic mass is 79.9. The van der Waals surface area contributed by atoms with Crippen LogP contribution in [0.1, 0.15) is 70.4 Å². The first-order valence-electron chi connectivity index (χ1n) is 9.18. The standard InChI is InChI=1S/C20H28BrNO2/c1-2-3-4-5-6-7-8-9-10-15-18-19(21)20(23)16-13-11-12-14-17(16)22(18)24/h11-14,23H,2-10,15H2,1H3. The van der Waals surface area contributed by atoms with E-state index in [-0.39, 0.29) is 5.75 Å². The number of aromatic hydroxyl groups is 1. The van der Waals surface area contributed by atoms with Crippen LogP contribution < -0.4 is 4.73 Å². The summed E-state index contributed by atoms with van der Waals surface area (Å²) in [6.07, 6.45) is 12.0. The van der Waals surface area contributed by atoms with Crippen molar-refractivity contribution in [3.05, 3.63) is 39.6 Å². The van der Waals surface area contributed by atoms with E-state index in [0.29, 0.717) is 27.5 Å². The topological polar surface area (TPSA) is 47.2 Å². The van der Waals surface area contributed by atoms with Gasteiger partial charge >= 0.3 is 0 Å². The minimum atomic E-state index is 0.170. The molecular formula is C20H28BrNO2. The number of unbranched alkanes of at least 4 members (excludes halogenated alkanes) is 8. The van der Waals surface area contributed by atoms with Gasteiger partial charge in [-0.3, -0.25) is 0 Å². The maximum absolute atomic E-state index is 12.5. The number of nitrogens with zero attached hydrogens (tertiary/aromatic N) is 1. The summed E-state index contributed by atoms with van der Waals surface area (Å²) in [6.45, 7) is 2.24. The highest BCUT2D eigenvalue weighted by molar-refractivity contribution is 9.10. The molecule has 1 N–H and O–H groups in total. The van der Waals surface area contributed by atoms with Gasteiger partial charge in [0, 0.05) is 12.5 Å². The van der Waals surface area contributed by atoms with Gasteiger partial charge in [-0.15, -0.1) is 0 Å². The third-order valence-electron chi connectivity index (χ3n) is 4.60. The van der Waals surface area contributed by atoms with Gasteiger partial charge in [0.25, 0.3) is 0 Å². The molecule has 0 atom stereocenters. The molecule has 3 nitrogen and oxygen atoms in total. The van der Waals surface area contributed by atoms with E-state index in [1.807, 2.05) is 12.1 Å². The minimum Gasteiger partial charge on any atom is -0.618 e. The van der Waals surface area contributed by atoms with Gasteiger partial charge in [0.05, 0.1) is 5.39 Å². The number of fused-ring (bicyclic) bond motifs is 1. The van der Waals surface area contributed by atoms with Crippen molar-refractivity contribution < 1.29 is 9.84 Å². The summed E-state index contributed by atoms with van der Waals surface area (Å²) in [4.78, 5) is 0. The van der Waals surface area contributed by atoms with E-state index in [1.54, 1.807) is 12.1 Å². The summed E-state index contributed by atoms with van der Waals surface area (Å²) in [5.74, 6) is 0.170. The van der Waals surface area contributed by atoms with Crippen LogP contribution in [0, 0.1) is 5.21 Å². The van der Waals surface area contributed by atoms with Crippen molar-refractivity contribution in [2.45, 2.75) is 71.1 Å². The maximum atomic E-state index is 12.5. The second kappa shape index (κ2) is 9.87.